The molecule has 3 rings (SSSR count). The summed E-state index contributed by atoms with van der Waals surface area (Å²) in [4.78, 5) is 6.70. The van der Waals surface area contributed by atoms with Crippen LogP contribution in [0, 0.1) is 5.92 Å². The van der Waals surface area contributed by atoms with Crippen molar-refractivity contribution in [3.05, 3.63) is 30.5 Å². The minimum atomic E-state index is -0.103. The third-order valence-corrected chi connectivity index (χ3v) is 4.06. The molecule has 0 spiro atoms. The van der Waals surface area contributed by atoms with Gasteiger partial charge in [0.2, 0.25) is 0 Å². The van der Waals surface area contributed by atoms with Crippen LogP contribution < -0.4 is 9.64 Å². The predicted molar refractivity (Wildman–Crippen MR) is 80.3 cm³/mol. The van der Waals surface area contributed by atoms with E-state index in [1.54, 1.807) is 7.11 Å². The summed E-state index contributed by atoms with van der Waals surface area (Å²) in [5.74, 6) is 2.39. The van der Waals surface area contributed by atoms with Crippen molar-refractivity contribution in [3.8, 4) is 5.75 Å². The molecule has 4 heteroatoms. The Morgan fingerprint density at radius 2 is 2.15 bits per heavy atom. The fraction of sp³-hybridized carbons (Fsp3) is 0.438. The van der Waals surface area contributed by atoms with E-state index in [0.717, 1.165) is 41.7 Å². The van der Waals surface area contributed by atoms with Gasteiger partial charge in [-0.2, -0.15) is 0 Å². The van der Waals surface area contributed by atoms with E-state index >= 15 is 0 Å². The summed E-state index contributed by atoms with van der Waals surface area (Å²) in [6.45, 7) is 0.931. The Morgan fingerprint density at radius 1 is 1.35 bits per heavy atom. The Morgan fingerprint density at radius 3 is 2.85 bits per heavy atom. The second kappa shape index (κ2) is 5.29. The molecule has 0 bridgehead atoms. The first-order valence-electron chi connectivity index (χ1n) is 6.99. The average molecular weight is 272 g/mol. The van der Waals surface area contributed by atoms with Gasteiger partial charge in [0.05, 0.1) is 13.2 Å². The Balaban J connectivity index is 1.89. The van der Waals surface area contributed by atoms with Gasteiger partial charge in [-0.1, -0.05) is 6.07 Å². The predicted octanol–water partition coefficient (Wildman–Crippen LogP) is 2.45. The van der Waals surface area contributed by atoms with Crippen molar-refractivity contribution in [1.82, 2.24) is 4.98 Å². The monoisotopic (exact) mass is 272 g/mol. The van der Waals surface area contributed by atoms with Crippen LogP contribution in [0.15, 0.2) is 30.5 Å². The minimum Gasteiger partial charge on any atom is -0.497 e. The summed E-state index contributed by atoms with van der Waals surface area (Å²) in [6.07, 6.45) is 3.54. The molecule has 1 fully saturated rings. The first kappa shape index (κ1) is 13.2. The number of ether oxygens (including phenoxy) is 1. The van der Waals surface area contributed by atoms with Crippen LogP contribution in [0.3, 0.4) is 0 Å². The molecular formula is C16H20N2O2. The molecule has 1 N–H and O–H groups in total. The molecule has 0 amide bonds. The van der Waals surface area contributed by atoms with Gasteiger partial charge in [-0.15, -0.1) is 0 Å². The maximum Gasteiger partial charge on any atom is 0.136 e. The van der Waals surface area contributed by atoms with Gasteiger partial charge in [0.25, 0.3) is 0 Å². The summed E-state index contributed by atoms with van der Waals surface area (Å²) >= 11 is 0. The minimum absolute atomic E-state index is 0.103. The number of hydrogen-bond acceptors (Lipinski definition) is 4. The highest BCUT2D eigenvalue weighted by Crippen LogP contribution is 2.31. The molecule has 1 aliphatic carbocycles. The molecule has 0 aliphatic heterocycles. The maximum absolute atomic E-state index is 9.39. The summed E-state index contributed by atoms with van der Waals surface area (Å²) in [5, 5.41) is 11.7. The molecule has 1 aliphatic rings. The van der Waals surface area contributed by atoms with Crippen LogP contribution >= 0.6 is 0 Å². The summed E-state index contributed by atoms with van der Waals surface area (Å²) in [6, 6.07) is 8.07. The zero-order valence-electron chi connectivity index (χ0n) is 11.9. The lowest BCUT2D eigenvalue weighted by atomic mass is 9.82. The Kier molecular flexibility index (Phi) is 3.49. The van der Waals surface area contributed by atoms with Crippen molar-refractivity contribution >= 4 is 16.6 Å². The number of benzene rings is 1. The van der Waals surface area contributed by atoms with Gasteiger partial charge in [0.15, 0.2) is 0 Å². The topological polar surface area (TPSA) is 45.6 Å². The molecule has 2 aromatic rings. The molecule has 0 unspecified atom stereocenters. The van der Waals surface area contributed by atoms with E-state index in [9.17, 15) is 5.11 Å². The van der Waals surface area contributed by atoms with Crippen LogP contribution in [0.5, 0.6) is 5.75 Å². The van der Waals surface area contributed by atoms with Crippen LogP contribution in [-0.2, 0) is 0 Å². The lowest BCUT2D eigenvalue weighted by molar-refractivity contribution is 0.0464. The number of rotatable bonds is 4. The van der Waals surface area contributed by atoms with E-state index < -0.39 is 0 Å². The maximum atomic E-state index is 9.39. The molecule has 0 radical (unpaired) electrons. The zero-order valence-corrected chi connectivity index (χ0v) is 11.9. The zero-order chi connectivity index (χ0) is 14.1. The highest BCUT2D eigenvalue weighted by Gasteiger charge is 2.28. The fourth-order valence-electron chi connectivity index (χ4n) is 2.89. The van der Waals surface area contributed by atoms with Crippen LogP contribution in [0.25, 0.3) is 10.8 Å². The first-order chi connectivity index (χ1) is 9.67. The highest BCUT2D eigenvalue weighted by atomic mass is 16.5. The number of hydrogen-bond donors (Lipinski definition) is 1. The normalized spacial score (nSPS) is 21.6. The van der Waals surface area contributed by atoms with Gasteiger partial charge in [-0.05, 0) is 42.3 Å². The molecular weight excluding hydrogens is 252 g/mol. The smallest absolute Gasteiger partial charge is 0.136 e. The number of aliphatic hydroxyl groups excluding tert-OH is 1. The van der Waals surface area contributed by atoms with Crippen LogP contribution in [0.4, 0.5) is 5.82 Å². The number of methoxy groups -OCH3 is 1. The summed E-state index contributed by atoms with van der Waals surface area (Å²) < 4.78 is 5.31. The van der Waals surface area contributed by atoms with Gasteiger partial charge in [-0.25, -0.2) is 4.98 Å². The molecule has 106 valence electrons. The number of anilines is 1. The fourth-order valence-corrected chi connectivity index (χ4v) is 2.89. The van der Waals surface area contributed by atoms with E-state index in [0.29, 0.717) is 5.92 Å². The van der Waals surface area contributed by atoms with E-state index in [2.05, 4.69) is 23.0 Å². The lowest BCUT2D eigenvalue weighted by Crippen LogP contribution is -2.37. The number of fused-ring (bicyclic) bond motifs is 1. The van der Waals surface area contributed by atoms with Crippen LogP contribution in [0.1, 0.15) is 12.8 Å². The van der Waals surface area contributed by atoms with Gasteiger partial charge >= 0.3 is 0 Å². The standard InChI is InChI=1S/C16H20N2O2/c1-18(10-11-7-13(19)8-11)16-15-9-14(20-2)4-3-12(15)5-6-17-16/h3-6,9,11,13,19H,7-8,10H2,1-2H3. The molecule has 0 atom stereocenters. The highest BCUT2D eigenvalue weighted by molar-refractivity contribution is 5.93. The van der Waals surface area contributed by atoms with Gasteiger partial charge in [0.1, 0.15) is 11.6 Å². The Hall–Kier alpha value is -1.81. The Labute approximate surface area is 119 Å². The molecule has 1 heterocycles. The van der Waals surface area contributed by atoms with E-state index in [-0.39, 0.29) is 6.10 Å². The number of pyridine rings is 1. The van der Waals surface area contributed by atoms with Crippen LogP contribution in [-0.4, -0.2) is 36.9 Å². The van der Waals surface area contributed by atoms with Gasteiger partial charge < -0.3 is 14.7 Å². The van der Waals surface area contributed by atoms with Crippen molar-refractivity contribution < 1.29 is 9.84 Å². The number of aromatic nitrogens is 1. The second-order valence-corrected chi connectivity index (χ2v) is 5.59. The number of nitrogens with zero attached hydrogens (tertiary/aromatic N) is 2. The molecule has 0 saturated heterocycles. The molecule has 1 saturated carbocycles. The first-order valence-corrected chi connectivity index (χ1v) is 6.99. The van der Waals surface area contributed by atoms with Gasteiger partial charge in [-0.3, -0.25) is 0 Å². The third kappa shape index (κ3) is 2.43. The van der Waals surface area contributed by atoms with E-state index in [4.69, 9.17) is 4.74 Å². The van der Waals surface area contributed by atoms with Crippen molar-refractivity contribution in [2.45, 2.75) is 18.9 Å². The molecule has 4 nitrogen and oxygen atoms in total. The van der Waals surface area contributed by atoms with Crippen LogP contribution in [0.2, 0.25) is 0 Å². The average Bonchev–Trinajstić information content (AvgIpc) is 2.44. The van der Waals surface area contributed by atoms with Crippen molar-refractivity contribution in [2.75, 3.05) is 25.6 Å². The number of aliphatic hydroxyl groups is 1. The molecule has 20 heavy (non-hydrogen) atoms. The van der Waals surface area contributed by atoms with Crippen molar-refractivity contribution in [2.24, 2.45) is 5.92 Å². The largest absolute Gasteiger partial charge is 0.497 e. The Bertz CT molecular complexity index is 608. The summed E-state index contributed by atoms with van der Waals surface area (Å²) in [5.41, 5.74) is 0. The SMILES string of the molecule is COc1ccc2ccnc(N(C)CC3CC(O)C3)c2c1. The summed E-state index contributed by atoms with van der Waals surface area (Å²) in [7, 11) is 3.74. The van der Waals surface area contributed by atoms with E-state index in [1.807, 2.05) is 24.4 Å². The third-order valence-electron chi connectivity index (χ3n) is 4.06. The van der Waals surface area contributed by atoms with Gasteiger partial charge in [0, 0.05) is 25.2 Å². The quantitative estimate of drug-likeness (QED) is 0.928. The van der Waals surface area contributed by atoms with Crippen molar-refractivity contribution in [1.29, 1.82) is 0 Å². The second-order valence-electron chi connectivity index (χ2n) is 5.59. The molecule has 1 aromatic heterocycles. The van der Waals surface area contributed by atoms with Crippen molar-refractivity contribution in [3.63, 3.8) is 0 Å². The lowest BCUT2D eigenvalue weighted by Gasteiger charge is -2.35. The van der Waals surface area contributed by atoms with E-state index in [1.165, 1.54) is 0 Å². The molecule has 1 aromatic carbocycles.